The van der Waals surface area contributed by atoms with Crippen LogP contribution >= 0.6 is 0 Å². The molecule has 2 fully saturated rings. The summed E-state index contributed by atoms with van der Waals surface area (Å²) in [6, 6.07) is 6.76. The van der Waals surface area contributed by atoms with Gasteiger partial charge >= 0.3 is 0 Å². The van der Waals surface area contributed by atoms with E-state index in [1.807, 2.05) is 12.1 Å². The minimum atomic E-state index is 0.435. The maximum Gasteiger partial charge on any atom is 0.115 e. The second-order valence-corrected chi connectivity index (χ2v) is 6.85. The van der Waals surface area contributed by atoms with Crippen molar-refractivity contribution in [2.24, 2.45) is 11.8 Å². The number of aromatic hydroxyl groups is 1. The summed E-state index contributed by atoms with van der Waals surface area (Å²) in [6.07, 6.45) is 5.35. The van der Waals surface area contributed by atoms with Crippen LogP contribution in [0.1, 0.15) is 43.2 Å². The van der Waals surface area contributed by atoms with Gasteiger partial charge in [-0.25, -0.2) is 0 Å². The Morgan fingerprint density at radius 3 is 2.89 bits per heavy atom. The summed E-state index contributed by atoms with van der Waals surface area (Å²) in [5.41, 5.74) is 2.90. The molecule has 2 bridgehead atoms. The third-order valence-corrected chi connectivity index (χ3v) is 5.59. The fourth-order valence-electron chi connectivity index (χ4n) is 4.29. The SMILES string of the molecule is C[C@H]1[C@@H]2CCN(CC3CC3)[C@H]1Cc1ccc(O)cc12. The first-order chi connectivity index (χ1) is 9.22. The minimum Gasteiger partial charge on any atom is -0.508 e. The number of nitrogens with zero attached hydrogens (tertiary/aromatic N) is 1. The predicted octanol–water partition coefficient (Wildman–Crippen LogP) is 3.15. The molecule has 2 nitrogen and oxygen atoms in total. The fourth-order valence-corrected chi connectivity index (χ4v) is 4.29. The summed E-state index contributed by atoms with van der Waals surface area (Å²) < 4.78 is 0. The van der Waals surface area contributed by atoms with Crippen LogP contribution in [0, 0.1) is 11.8 Å². The molecule has 2 heteroatoms. The highest BCUT2D eigenvalue weighted by atomic mass is 16.3. The predicted molar refractivity (Wildman–Crippen MR) is 76.4 cm³/mol. The van der Waals surface area contributed by atoms with Crippen molar-refractivity contribution in [3.05, 3.63) is 29.3 Å². The lowest BCUT2D eigenvalue weighted by Gasteiger charge is -2.48. The Kier molecular flexibility index (Phi) is 2.63. The molecular weight excluding hydrogens is 234 g/mol. The van der Waals surface area contributed by atoms with Crippen LogP contribution in [0.15, 0.2) is 18.2 Å². The number of hydrogen-bond acceptors (Lipinski definition) is 2. The van der Waals surface area contributed by atoms with E-state index in [0.29, 0.717) is 11.7 Å². The van der Waals surface area contributed by atoms with E-state index in [-0.39, 0.29) is 0 Å². The maximum atomic E-state index is 9.74. The molecule has 19 heavy (non-hydrogen) atoms. The first-order valence-electron chi connectivity index (χ1n) is 7.78. The quantitative estimate of drug-likeness (QED) is 0.879. The molecule has 0 unspecified atom stereocenters. The summed E-state index contributed by atoms with van der Waals surface area (Å²) in [5.74, 6) is 2.83. The van der Waals surface area contributed by atoms with E-state index >= 15 is 0 Å². The van der Waals surface area contributed by atoms with Crippen LogP contribution in [-0.4, -0.2) is 29.1 Å². The lowest BCUT2D eigenvalue weighted by molar-refractivity contribution is 0.0698. The number of phenolic OH excluding ortho intramolecular Hbond substituents is 1. The van der Waals surface area contributed by atoms with Crippen LogP contribution in [0.25, 0.3) is 0 Å². The summed E-state index contributed by atoms with van der Waals surface area (Å²) in [6.45, 7) is 5.00. The lowest BCUT2D eigenvalue weighted by Crippen LogP contribution is -2.51. The van der Waals surface area contributed by atoms with Gasteiger partial charge in [0.05, 0.1) is 0 Å². The van der Waals surface area contributed by atoms with Crippen LogP contribution in [0.3, 0.4) is 0 Å². The van der Waals surface area contributed by atoms with Crippen LogP contribution < -0.4 is 0 Å². The van der Waals surface area contributed by atoms with E-state index in [9.17, 15) is 5.11 Å². The summed E-state index contributed by atoms with van der Waals surface area (Å²) in [5, 5.41) is 9.74. The average molecular weight is 257 g/mol. The second-order valence-electron chi connectivity index (χ2n) is 6.85. The van der Waals surface area contributed by atoms with Crippen molar-refractivity contribution < 1.29 is 5.11 Å². The van der Waals surface area contributed by atoms with Crippen molar-refractivity contribution in [2.75, 3.05) is 13.1 Å². The summed E-state index contributed by atoms with van der Waals surface area (Å²) in [4.78, 5) is 2.76. The molecular formula is C17H23NO. The molecule has 1 saturated carbocycles. The van der Waals surface area contributed by atoms with Crippen molar-refractivity contribution in [2.45, 2.75) is 44.6 Å². The monoisotopic (exact) mass is 257 g/mol. The molecule has 1 aromatic rings. The van der Waals surface area contributed by atoms with Crippen molar-refractivity contribution in [1.29, 1.82) is 0 Å². The van der Waals surface area contributed by atoms with Gasteiger partial charge < -0.3 is 5.11 Å². The van der Waals surface area contributed by atoms with Crippen LogP contribution in [0.4, 0.5) is 0 Å². The number of likely N-dealkylation sites (tertiary alicyclic amines) is 1. The number of rotatable bonds is 2. The van der Waals surface area contributed by atoms with Gasteiger partial charge in [-0.2, -0.15) is 0 Å². The Morgan fingerprint density at radius 2 is 2.11 bits per heavy atom. The van der Waals surface area contributed by atoms with Gasteiger partial charge in [0, 0.05) is 12.6 Å². The third-order valence-electron chi connectivity index (χ3n) is 5.59. The van der Waals surface area contributed by atoms with Crippen LogP contribution in [-0.2, 0) is 6.42 Å². The molecule has 1 aliphatic heterocycles. The lowest BCUT2D eigenvalue weighted by atomic mass is 9.68. The van der Waals surface area contributed by atoms with Gasteiger partial charge in [0.15, 0.2) is 0 Å². The van der Waals surface area contributed by atoms with Crippen molar-refractivity contribution in [3.63, 3.8) is 0 Å². The average Bonchev–Trinajstić information content (AvgIpc) is 3.18. The maximum absolute atomic E-state index is 9.74. The molecule has 102 valence electrons. The zero-order valence-electron chi connectivity index (χ0n) is 11.7. The second kappa shape index (κ2) is 4.24. The summed E-state index contributed by atoms with van der Waals surface area (Å²) in [7, 11) is 0. The molecule has 1 saturated heterocycles. The smallest absolute Gasteiger partial charge is 0.115 e. The van der Waals surface area contributed by atoms with Crippen LogP contribution in [0.5, 0.6) is 5.75 Å². The van der Waals surface area contributed by atoms with E-state index in [1.165, 1.54) is 49.9 Å². The zero-order chi connectivity index (χ0) is 13.0. The Morgan fingerprint density at radius 1 is 1.26 bits per heavy atom. The highest BCUT2D eigenvalue weighted by Gasteiger charge is 2.42. The Balaban J connectivity index is 1.65. The Bertz CT molecular complexity index is 494. The van der Waals surface area contributed by atoms with Gasteiger partial charge in [0.25, 0.3) is 0 Å². The Labute approximate surface area is 115 Å². The highest BCUT2D eigenvalue weighted by Crippen LogP contribution is 2.45. The number of fused-ring (bicyclic) bond motifs is 4. The molecule has 2 aliphatic carbocycles. The molecule has 1 aromatic carbocycles. The van der Waals surface area contributed by atoms with E-state index in [0.717, 1.165) is 17.9 Å². The van der Waals surface area contributed by atoms with Crippen molar-refractivity contribution in [1.82, 2.24) is 4.90 Å². The molecule has 0 aromatic heterocycles. The molecule has 1 heterocycles. The molecule has 0 spiro atoms. The molecule has 1 N–H and O–H groups in total. The number of hydrogen-bond donors (Lipinski definition) is 1. The minimum absolute atomic E-state index is 0.435. The topological polar surface area (TPSA) is 23.5 Å². The van der Waals surface area contributed by atoms with Gasteiger partial charge in [-0.3, -0.25) is 4.90 Å². The van der Waals surface area contributed by atoms with E-state index in [2.05, 4.69) is 17.9 Å². The van der Waals surface area contributed by atoms with E-state index in [1.54, 1.807) is 0 Å². The van der Waals surface area contributed by atoms with Crippen molar-refractivity contribution in [3.8, 4) is 5.75 Å². The van der Waals surface area contributed by atoms with E-state index in [4.69, 9.17) is 0 Å². The first kappa shape index (κ1) is 11.8. The fraction of sp³-hybridized carbons (Fsp3) is 0.647. The molecule has 3 atom stereocenters. The van der Waals surface area contributed by atoms with Gasteiger partial charge in [0.1, 0.15) is 5.75 Å². The van der Waals surface area contributed by atoms with Gasteiger partial charge in [0.2, 0.25) is 0 Å². The normalized spacial score (nSPS) is 34.1. The highest BCUT2D eigenvalue weighted by molar-refractivity contribution is 5.41. The zero-order valence-corrected chi connectivity index (χ0v) is 11.7. The van der Waals surface area contributed by atoms with E-state index < -0.39 is 0 Å². The molecule has 3 aliphatic rings. The number of phenols is 1. The summed E-state index contributed by atoms with van der Waals surface area (Å²) >= 11 is 0. The molecule has 0 amide bonds. The largest absolute Gasteiger partial charge is 0.508 e. The van der Waals surface area contributed by atoms with Gasteiger partial charge in [-0.1, -0.05) is 13.0 Å². The third kappa shape index (κ3) is 1.97. The molecule has 0 radical (unpaired) electrons. The first-order valence-corrected chi connectivity index (χ1v) is 7.78. The standard InChI is InChI=1S/C17H23NO/c1-11-15-6-7-18(10-12-2-3-12)17(11)8-13-4-5-14(19)9-16(13)15/h4-5,9,11-12,15,17,19H,2-3,6-8,10H2,1H3/t11-,15-,17-/m0/s1. The van der Waals surface area contributed by atoms with Gasteiger partial charge in [-0.15, -0.1) is 0 Å². The van der Waals surface area contributed by atoms with Gasteiger partial charge in [-0.05, 0) is 73.2 Å². The number of piperidine rings is 1. The Hall–Kier alpha value is -1.02. The van der Waals surface area contributed by atoms with Crippen LogP contribution in [0.2, 0.25) is 0 Å². The number of benzene rings is 1. The molecule has 4 rings (SSSR count). The van der Waals surface area contributed by atoms with Crippen molar-refractivity contribution >= 4 is 0 Å².